The second kappa shape index (κ2) is 7.19. The highest BCUT2D eigenvalue weighted by molar-refractivity contribution is 7.19. The van der Waals surface area contributed by atoms with Crippen LogP contribution < -0.4 is 10.9 Å². The molecule has 6 heteroatoms. The highest BCUT2D eigenvalue weighted by Gasteiger charge is 2.17. The summed E-state index contributed by atoms with van der Waals surface area (Å²) < 4.78 is 1.53. The van der Waals surface area contributed by atoms with Gasteiger partial charge in [0.2, 0.25) is 5.91 Å². The predicted octanol–water partition coefficient (Wildman–Crippen LogP) is 3.35. The fourth-order valence-electron chi connectivity index (χ4n) is 2.87. The standard InChI is InChI=1S/C19H21N3O2S/c1-12(2)21-15(23)9-10-22-11-20-18-17(19(22)24)16(13(3)25-18)14-7-5-4-6-8-14/h4-8,11-12H,9-10H2,1-3H3,(H,21,23). The first-order chi connectivity index (χ1) is 12.0. The van der Waals surface area contributed by atoms with Gasteiger partial charge in [0.25, 0.3) is 5.56 Å². The topological polar surface area (TPSA) is 64.0 Å². The molecule has 1 N–H and O–H groups in total. The van der Waals surface area contributed by atoms with E-state index in [0.717, 1.165) is 20.8 Å². The number of amides is 1. The van der Waals surface area contributed by atoms with Crippen molar-refractivity contribution >= 4 is 27.5 Å². The van der Waals surface area contributed by atoms with Crippen LogP contribution in [0.5, 0.6) is 0 Å². The summed E-state index contributed by atoms with van der Waals surface area (Å²) in [5, 5.41) is 3.48. The summed E-state index contributed by atoms with van der Waals surface area (Å²) in [6, 6.07) is 9.97. The van der Waals surface area contributed by atoms with Crippen molar-refractivity contribution in [2.75, 3.05) is 0 Å². The smallest absolute Gasteiger partial charge is 0.262 e. The number of fused-ring (bicyclic) bond motifs is 1. The van der Waals surface area contributed by atoms with E-state index in [0.29, 0.717) is 11.9 Å². The number of hydrogen-bond donors (Lipinski definition) is 1. The van der Waals surface area contributed by atoms with Gasteiger partial charge in [0.1, 0.15) is 4.83 Å². The van der Waals surface area contributed by atoms with Crippen LogP contribution in [0.2, 0.25) is 0 Å². The molecule has 2 aromatic heterocycles. The highest BCUT2D eigenvalue weighted by atomic mass is 32.1. The molecule has 5 nitrogen and oxygen atoms in total. The third kappa shape index (κ3) is 3.64. The minimum atomic E-state index is -0.0921. The Balaban J connectivity index is 1.99. The van der Waals surface area contributed by atoms with Crippen LogP contribution in [0, 0.1) is 6.92 Å². The number of carbonyl (C=O) groups excluding carboxylic acids is 1. The number of nitrogens with one attached hydrogen (secondary N) is 1. The summed E-state index contributed by atoms with van der Waals surface area (Å²) in [5.41, 5.74) is 1.87. The van der Waals surface area contributed by atoms with E-state index in [1.54, 1.807) is 0 Å². The monoisotopic (exact) mass is 355 g/mol. The molecule has 0 spiro atoms. The first kappa shape index (κ1) is 17.4. The number of carbonyl (C=O) groups is 1. The molecule has 0 unspecified atom stereocenters. The molecule has 25 heavy (non-hydrogen) atoms. The third-order valence-corrected chi connectivity index (χ3v) is 4.96. The molecule has 0 fully saturated rings. The van der Waals surface area contributed by atoms with Crippen LogP contribution in [0.3, 0.4) is 0 Å². The van der Waals surface area contributed by atoms with Gasteiger partial charge in [-0.25, -0.2) is 4.98 Å². The Labute approximate surface area is 150 Å². The van der Waals surface area contributed by atoms with Gasteiger partial charge in [0.05, 0.1) is 11.7 Å². The minimum absolute atomic E-state index is 0.0632. The average Bonchev–Trinajstić information content (AvgIpc) is 2.91. The lowest BCUT2D eigenvalue weighted by Gasteiger charge is -2.09. The second-order valence-corrected chi connectivity index (χ2v) is 7.50. The number of aryl methyl sites for hydroxylation is 2. The zero-order valence-electron chi connectivity index (χ0n) is 14.6. The van der Waals surface area contributed by atoms with Crippen molar-refractivity contribution in [3.8, 4) is 11.1 Å². The van der Waals surface area contributed by atoms with Gasteiger partial charge in [-0.1, -0.05) is 30.3 Å². The molecule has 2 heterocycles. The van der Waals surface area contributed by atoms with Gasteiger partial charge in [0.15, 0.2) is 0 Å². The third-order valence-electron chi connectivity index (χ3n) is 3.95. The Morgan fingerprint density at radius 2 is 2.00 bits per heavy atom. The van der Waals surface area contributed by atoms with E-state index < -0.39 is 0 Å². The van der Waals surface area contributed by atoms with Crippen molar-refractivity contribution in [3.05, 3.63) is 51.9 Å². The van der Waals surface area contributed by atoms with Crippen LogP contribution in [0.4, 0.5) is 0 Å². The van der Waals surface area contributed by atoms with Crippen LogP contribution in [-0.4, -0.2) is 21.5 Å². The normalized spacial score (nSPS) is 11.2. The Bertz CT molecular complexity index is 958. The summed E-state index contributed by atoms with van der Waals surface area (Å²) in [4.78, 5) is 31.1. The second-order valence-electron chi connectivity index (χ2n) is 6.29. The molecule has 1 amide bonds. The molecule has 3 aromatic rings. The summed E-state index contributed by atoms with van der Waals surface area (Å²) in [7, 11) is 0. The van der Waals surface area contributed by atoms with Gasteiger partial charge < -0.3 is 5.32 Å². The van der Waals surface area contributed by atoms with Crippen molar-refractivity contribution in [3.63, 3.8) is 0 Å². The molecule has 0 aliphatic rings. The van der Waals surface area contributed by atoms with Crippen molar-refractivity contribution < 1.29 is 4.79 Å². The molecule has 0 atom stereocenters. The number of hydrogen-bond acceptors (Lipinski definition) is 4. The SMILES string of the molecule is Cc1sc2ncn(CCC(=O)NC(C)C)c(=O)c2c1-c1ccccc1. The summed E-state index contributed by atoms with van der Waals surface area (Å²) in [6.45, 7) is 6.16. The zero-order chi connectivity index (χ0) is 18.0. The maximum Gasteiger partial charge on any atom is 0.262 e. The van der Waals surface area contributed by atoms with Gasteiger partial charge in [0, 0.05) is 29.4 Å². The molecule has 3 rings (SSSR count). The van der Waals surface area contributed by atoms with Crippen molar-refractivity contribution in [1.82, 2.24) is 14.9 Å². The lowest BCUT2D eigenvalue weighted by molar-refractivity contribution is -0.121. The van der Waals surface area contributed by atoms with E-state index in [1.165, 1.54) is 22.2 Å². The zero-order valence-corrected chi connectivity index (χ0v) is 15.4. The molecule has 0 aliphatic carbocycles. The van der Waals surface area contributed by atoms with Crippen LogP contribution >= 0.6 is 11.3 Å². The van der Waals surface area contributed by atoms with E-state index in [4.69, 9.17) is 0 Å². The van der Waals surface area contributed by atoms with E-state index >= 15 is 0 Å². The molecule has 0 radical (unpaired) electrons. The molecule has 0 bridgehead atoms. The summed E-state index contributed by atoms with van der Waals surface area (Å²) in [6.07, 6.45) is 1.80. The number of benzene rings is 1. The van der Waals surface area contributed by atoms with Gasteiger partial charge in [-0.3, -0.25) is 14.2 Å². The quantitative estimate of drug-likeness (QED) is 0.763. The number of nitrogens with zero attached hydrogens (tertiary/aromatic N) is 2. The molecular formula is C19H21N3O2S. The first-order valence-electron chi connectivity index (χ1n) is 8.30. The van der Waals surface area contributed by atoms with Crippen molar-refractivity contribution in [2.45, 2.75) is 39.8 Å². The van der Waals surface area contributed by atoms with Crippen LogP contribution in [0.15, 0.2) is 41.5 Å². The van der Waals surface area contributed by atoms with Crippen LogP contribution in [0.1, 0.15) is 25.1 Å². The lowest BCUT2D eigenvalue weighted by atomic mass is 10.0. The van der Waals surface area contributed by atoms with Crippen molar-refractivity contribution in [1.29, 1.82) is 0 Å². The summed E-state index contributed by atoms with van der Waals surface area (Å²) in [5.74, 6) is -0.0632. The van der Waals surface area contributed by atoms with Gasteiger partial charge >= 0.3 is 0 Å². The highest BCUT2D eigenvalue weighted by Crippen LogP contribution is 2.35. The van der Waals surface area contributed by atoms with E-state index in [9.17, 15) is 9.59 Å². The molecule has 0 aliphatic heterocycles. The molecule has 130 valence electrons. The predicted molar refractivity (Wildman–Crippen MR) is 102 cm³/mol. The van der Waals surface area contributed by atoms with Crippen LogP contribution in [-0.2, 0) is 11.3 Å². The largest absolute Gasteiger partial charge is 0.354 e. The van der Waals surface area contributed by atoms with Gasteiger partial charge in [-0.15, -0.1) is 11.3 Å². The number of thiophene rings is 1. The van der Waals surface area contributed by atoms with E-state index in [1.807, 2.05) is 51.1 Å². The lowest BCUT2D eigenvalue weighted by Crippen LogP contribution is -2.32. The Morgan fingerprint density at radius 3 is 2.68 bits per heavy atom. The minimum Gasteiger partial charge on any atom is -0.354 e. The fraction of sp³-hybridized carbons (Fsp3) is 0.316. The fourth-order valence-corrected chi connectivity index (χ4v) is 3.87. The van der Waals surface area contributed by atoms with Gasteiger partial charge in [-0.05, 0) is 26.3 Å². The Morgan fingerprint density at radius 1 is 1.28 bits per heavy atom. The van der Waals surface area contributed by atoms with Crippen molar-refractivity contribution in [2.24, 2.45) is 0 Å². The number of aromatic nitrogens is 2. The Kier molecular flexibility index (Phi) is 4.99. The summed E-state index contributed by atoms with van der Waals surface area (Å²) >= 11 is 1.53. The molecule has 1 aromatic carbocycles. The number of rotatable bonds is 5. The average molecular weight is 355 g/mol. The van der Waals surface area contributed by atoms with Crippen LogP contribution in [0.25, 0.3) is 21.3 Å². The maximum absolute atomic E-state index is 13.0. The molecule has 0 saturated carbocycles. The first-order valence-corrected chi connectivity index (χ1v) is 9.12. The van der Waals surface area contributed by atoms with E-state index in [2.05, 4.69) is 10.3 Å². The van der Waals surface area contributed by atoms with Gasteiger partial charge in [-0.2, -0.15) is 0 Å². The molecular weight excluding hydrogens is 334 g/mol. The molecule has 0 saturated heterocycles. The van der Waals surface area contributed by atoms with E-state index in [-0.39, 0.29) is 23.9 Å². The Hall–Kier alpha value is -2.47. The maximum atomic E-state index is 13.0.